The van der Waals surface area contributed by atoms with Gasteiger partial charge in [0, 0.05) is 17.3 Å². The molecule has 0 heterocycles. The number of allylic oxidation sites excluding steroid dienone is 4. The van der Waals surface area contributed by atoms with Crippen LogP contribution in [0.5, 0.6) is 0 Å². The Morgan fingerprint density at radius 1 is 1.26 bits per heavy atom. The lowest BCUT2D eigenvalue weighted by Crippen LogP contribution is -2.50. The third-order valence-corrected chi connectivity index (χ3v) is 7.67. The van der Waals surface area contributed by atoms with Gasteiger partial charge in [-0.25, -0.2) is 0 Å². The van der Waals surface area contributed by atoms with Crippen LogP contribution in [0.1, 0.15) is 58.8 Å². The van der Waals surface area contributed by atoms with Crippen molar-refractivity contribution in [3.63, 3.8) is 0 Å². The van der Waals surface area contributed by atoms with E-state index in [1.165, 1.54) is 11.1 Å². The van der Waals surface area contributed by atoms with Crippen molar-refractivity contribution in [3.8, 4) is 6.07 Å². The Kier molecular flexibility index (Phi) is 3.01. The fourth-order valence-electron chi connectivity index (χ4n) is 6.05. The summed E-state index contributed by atoms with van der Waals surface area (Å²) < 4.78 is 0. The summed E-state index contributed by atoms with van der Waals surface area (Å²) in [5.41, 5.74) is 1.34. The molecule has 0 aromatic carbocycles. The summed E-state index contributed by atoms with van der Waals surface area (Å²) >= 11 is 0. The molecule has 5 atom stereocenters. The van der Waals surface area contributed by atoms with Crippen LogP contribution in [0, 0.1) is 34.0 Å². The van der Waals surface area contributed by atoms with Crippen molar-refractivity contribution in [3.05, 3.63) is 23.3 Å². The maximum atomic E-state index is 11.8. The zero-order chi connectivity index (χ0) is 16.5. The van der Waals surface area contributed by atoms with E-state index in [-0.39, 0.29) is 16.6 Å². The van der Waals surface area contributed by atoms with E-state index in [9.17, 15) is 15.2 Å². The topological polar surface area (TPSA) is 61.1 Å². The summed E-state index contributed by atoms with van der Waals surface area (Å²) in [5, 5.41) is 20.4. The first kappa shape index (κ1) is 15.1. The molecular formula is C20H25NO2. The van der Waals surface area contributed by atoms with E-state index in [1.54, 1.807) is 0 Å². The van der Waals surface area contributed by atoms with E-state index in [1.807, 2.05) is 6.08 Å². The van der Waals surface area contributed by atoms with Gasteiger partial charge in [-0.2, -0.15) is 5.26 Å². The lowest BCUT2D eigenvalue weighted by molar-refractivity contribution is -0.115. The Hall–Kier alpha value is -1.40. The number of ketones is 1. The molecule has 3 heteroatoms. The Bertz CT molecular complexity index is 684. The first-order valence-corrected chi connectivity index (χ1v) is 8.92. The smallest absolute Gasteiger partial charge is 0.156 e. The van der Waals surface area contributed by atoms with E-state index in [4.69, 9.17) is 0 Å². The Morgan fingerprint density at radius 2 is 2.04 bits per heavy atom. The largest absolute Gasteiger partial charge is 0.375 e. The van der Waals surface area contributed by atoms with Crippen LogP contribution in [-0.4, -0.2) is 16.5 Å². The molecule has 4 aliphatic carbocycles. The molecule has 2 saturated carbocycles. The van der Waals surface area contributed by atoms with Gasteiger partial charge in [0.1, 0.15) is 0 Å². The molecule has 0 amide bonds. The molecule has 2 fully saturated rings. The van der Waals surface area contributed by atoms with Crippen molar-refractivity contribution in [2.24, 2.45) is 22.7 Å². The third kappa shape index (κ3) is 1.76. The highest BCUT2D eigenvalue weighted by molar-refractivity contribution is 5.92. The quantitative estimate of drug-likeness (QED) is 0.548. The fraction of sp³-hybridized carbons (Fsp3) is 0.700. The Balaban J connectivity index is 1.78. The molecular weight excluding hydrogens is 286 g/mol. The molecule has 4 rings (SSSR count). The molecule has 122 valence electrons. The summed E-state index contributed by atoms with van der Waals surface area (Å²) in [7, 11) is 0. The fourth-order valence-corrected chi connectivity index (χ4v) is 6.05. The minimum Gasteiger partial charge on any atom is -0.375 e. The second-order valence-electron chi connectivity index (χ2n) is 8.51. The van der Waals surface area contributed by atoms with Gasteiger partial charge in [0.05, 0.1) is 6.07 Å². The number of nitrogens with zero attached hydrogens (tertiary/aromatic N) is 1. The normalized spacial score (nSPS) is 48.5. The van der Waals surface area contributed by atoms with Gasteiger partial charge in [-0.3, -0.25) is 4.79 Å². The summed E-state index contributed by atoms with van der Waals surface area (Å²) in [6.07, 6.45) is 10.2. The second-order valence-corrected chi connectivity index (χ2v) is 8.51. The zero-order valence-electron chi connectivity index (χ0n) is 14.1. The number of nitriles is 1. The SMILES string of the molecule is CC12CCC(=O)C=C1CCC1C2=CCC2(C)C1CCC2(O)C#N. The van der Waals surface area contributed by atoms with Crippen molar-refractivity contribution in [2.75, 3.05) is 0 Å². The predicted molar refractivity (Wildman–Crippen MR) is 87.2 cm³/mol. The average molecular weight is 311 g/mol. The number of carbonyl (C=O) groups excluding carboxylic acids is 1. The van der Waals surface area contributed by atoms with Crippen molar-refractivity contribution in [1.29, 1.82) is 5.26 Å². The van der Waals surface area contributed by atoms with Gasteiger partial charge in [0.15, 0.2) is 11.4 Å². The standard InChI is InChI=1S/C20H25NO2/c1-18-8-5-14(22)11-13(18)3-4-15-16(18)6-9-19(2)17(15)7-10-20(19,23)12-21/h6,11,15,17,23H,3-5,7-10H2,1-2H3. The van der Waals surface area contributed by atoms with Gasteiger partial charge >= 0.3 is 0 Å². The molecule has 0 aromatic rings. The zero-order valence-corrected chi connectivity index (χ0v) is 14.1. The Labute approximate surface area is 138 Å². The molecule has 0 spiro atoms. The van der Waals surface area contributed by atoms with Gasteiger partial charge in [0.25, 0.3) is 0 Å². The number of hydrogen-bond acceptors (Lipinski definition) is 3. The molecule has 3 nitrogen and oxygen atoms in total. The maximum Gasteiger partial charge on any atom is 0.156 e. The minimum atomic E-state index is -1.18. The van der Waals surface area contributed by atoms with Gasteiger partial charge < -0.3 is 5.11 Å². The monoisotopic (exact) mass is 311 g/mol. The molecule has 5 unspecified atom stereocenters. The van der Waals surface area contributed by atoms with Crippen molar-refractivity contribution >= 4 is 5.78 Å². The van der Waals surface area contributed by atoms with Crippen LogP contribution >= 0.6 is 0 Å². The molecule has 0 bridgehead atoms. The van der Waals surface area contributed by atoms with Crippen LogP contribution in [0.25, 0.3) is 0 Å². The first-order chi connectivity index (χ1) is 10.8. The third-order valence-electron chi connectivity index (χ3n) is 7.67. The maximum absolute atomic E-state index is 11.8. The molecule has 4 aliphatic rings. The van der Waals surface area contributed by atoms with E-state index in [0.29, 0.717) is 24.7 Å². The number of fused-ring (bicyclic) bond motifs is 5. The number of rotatable bonds is 0. The van der Waals surface area contributed by atoms with Gasteiger partial charge in [-0.1, -0.05) is 31.1 Å². The highest BCUT2D eigenvalue weighted by Crippen LogP contribution is 2.65. The second kappa shape index (κ2) is 4.57. The Morgan fingerprint density at radius 3 is 2.78 bits per heavy atom. The number of carbonyl (C=O) groups is 1. The highest BCUT2D eigenvalue weighted by Gasteiger charge is 2.62. The van der Waals surface area contributed by atoms with Crippen LogP contribution in [-0.2, 0) is 4.79 Å². The number of aliphatic hydroxyl groups is 1. The molecule has 0 aliphatic heterocycles. The van der Waals surface area contributed by atoms with Crippen LogP contribution in [0.3, 0.4) is 0 Å². The minimum absolute atomic E-state index is 0.0332. The summed E-state index contributed by atoms with van der Waals surface area (Å²) in [6.45, 7) is 4.41. The van der Waals surface area contributed by atoms with Gasteiger partial charge in [0.2, 0.25) is 0 Å². The van der Waals surface area contributed by atoms with Gasteiger partial charge in [-0.05, 0) is 56.4 Å². The lowest BCUT2D eigenvalue weighted by Gasteiger charge is -2.53. The van der Waals surface area contributed by atoms with Crippen LogP contribution in [0.15, 0.2) is 23.3 Å². The number of hydrogen-bond donors (Lipinski definition) is 1. The molecule has 0 radical (unpaired) electrons. The summed E-state index contributed by atoms with van der Waals surface area (Å²) in [6, 6.07) is 2.22. The summed E-state index contributed by atoms with van der Waals surface area (Å²) in [5.74, 6) is 1.13. The van der Waals surface area contributed by atoms with E-state index in [2.05, 4.69) is 26.0 Å². The lowest BCUT2D eigenvalue weighted by atomic mass is 9.51. The van der Waals surface area contributed by atoms with Crippen molar-refractivity contribution < 1.29 is 9.90 Å². The van der Waals surface area contributed by atoms with Crippen LogP contribution in [0.2, 0.25) is 0 Å². The average Bonchev–Trinajstić information content (AvgIpc) is 2.80. The van der Waals surface area contributed by atoms with Gasteiger partial charge in [-0.15, -0.1) is 0 Å². The van der Waals surface area contributed by atoms with Crippen molar-refractivity contribution in [1.82, 2.24) is 0 Å². The molecule has 0 saturated heterocycles. The highest BCUT2D eigenvalue weighted by atomic mass is 16.3. The van der Waals surface area contributed by atoms with E-state index in [0.717, 1.165) is 32.1 Å². The first-order valence-electron chi connectivity index (χ1n) is 8.92. The molecule has 0 aromatic heterocycles. The molecule has 1 N–H and O–H groups in total. The van der Waals surface area contributed by atoms with Crippen LogP contribution in [0.4, 0.5) is 0 Å². The predicted octanol–water partition coefficient (Wildman–Crippen LogP) is 3.69. The van der Waals surface area contributed by atoms with E-state index >= 15 is 0 Å². The summed E-state index contributed by atoms with van der Waals surface area (Å²) in [4.78, 5) is 11.8. The van der Waals surface area contributed by atoms with E-state index < -0.39 is 5.60 Å². The van der Waals surface area contributed by atoms with Crippen molar-refractivity contribution in [2.45, 2.75) is 64.4 Å². The molecule has 23 heavy (non-hydrogen) atoms. The van der Waals surface area contributed by atoms with Crippen LogP contribution < -0.4 is 0 Å².